The van der Waals surface area contributed by atoms with Crippen molar-refractivity contribution in [3.05, 3.63) is 51.8 Å². The SMILES string of the molecule is O=C(c1ccnc(Br)c1)N1CCN(c2ccc(Cl)cn2)CC1. The molecule has 1 saturated heterocycles. The molecule has 0 radical (unpaired) electrons. The maximum absolute atomic E-state index is 12.5. The summed E-state index contributed by atoms with van der Waals surface area (Å²) in [7, 11) is 0. The number of nitrogens with zero attached hydrogens (tertiary/aromatic N) is 4. The van der Waals surface area contributed by atoms with E-state index >= 15 is 0 Å². The molecule has 2 aromatic rings. The standard InChI is InChI=1S/C15H14BrClN4O/c16-13-9-11(3-4-18-13)15(22)21-7-5-20(6-8-21)14-2-1-12(17)10-19-14/h1-4,9-10H,5-8H2. The van der Waals surface area contributed by atoms with Crippen LogP contribution in [0, 0.1) is 0 Å². The van der Waals surface area contributed by atoms with Gasteiger partial charge in [-0.1, -0.05) is 11.6 Å². The lowest BCUT2D eigenvalue weighted by Crippen LogP contribution is -2.49. The number of rotatable bonds is 2. The van der Waals surface area contributed by atoms with Crippen molar-refractivity contribution < 1.29 is 4.79 Å². The molecule has 7 heteroatoms. The molecule has 0 spiro atoms. The summed E-state index contributed by atoms with van der Waals surface area (Å²) < 4.78 is 0.669. The van der Waals surface area contributed by atoms with Crippen molar-refractivity contribution in [1.82, 2.24) is 14.9 Å². The maximum Gasteiger partial charge on any atom is 0.254 e. The van der Waals surface area contributed by atoms with Gasteiger partial charge in [0.15, 0.2) is 0 Å². The Morgan fingerprint density at radius 2 is 1.91 bits per heavy atom. The molecule has 0 N–H and O–H groups in total. The summed E-state index contributed by atoms with van der Waals surface area (Å²) in [5.41, 5.74) is 0.653. The third-order valence-electron chi connectivity index (χ3n) is 3.58. The third kappa shape index (κ3) is 3.39. The van der Waals surface area contributed by atoms with Crippen molar-refractivity contribution in [2.45, 2.75) is 0 Å². The largest absolute Gasteiger partial charge is 0.353 e. The van der Waals surface area contributed by atoms with Crippen LogP contribution in [0.5, 0.6) is 0 Å². The first-order chi connectivity index (χ1) is 10.6. The van der Waals surface area contributed by atoms with Gasteiger partial charge < -0.3 is 9.80 Å². The zero-order valence-electron chi connectivity index (χ0n) is 11.7. The number of hydrogen-bond acceptors (Lipinski definition) is 4. The maximum atomic E-state index is 12.5. The van der Waals surface area contributed by atoms with Gasteiger partial charge in [-0.2, -0.15) is 0 Å². The number of carbonyl (C=O) groups excluding carboxylic acids is 1. The summed E-state index contributed by atoms with van der Waals surface area (Å²) >= 11 is 9.14. The van der Waals surface area contributed by atoms with Crippen LogP contribution in [0.3, 0.4) is 0 Å². The van der Waals surface area contributed by atoms with Crippen LogP contribution in [-0.2, 0) is 0 Å². The van der Waals surface area contributed by atoms with Gasteiger partial charge in [-0.25, -0.2) is 9.97 Å². The van der Waals surface area contributed by atoms with Gasteiger partial charge in [0, 0.05) is 44.1 Å². The number of piperazine rings is 1. The zero-order valence-corrected chi connectivity index (χ0v) is 14.1. The summed E-state index contributed by atoms with van der Waals surface area (Å²) in [4.78, 5) is 24.8. The van der Waals surface area contributed by atoms with Crippen LogP contribution < -0.4 is 4.90 Å². The number of pyridine rings is 2. The van der Waals surface area contributed by atoms with E-state index in [4.69, 9.17) is 11.6 Å². The van der Waals surface area contributed by atoms with Gasteiger partial charge in [0.25, 0.3) is 5.91 Å². The number of halogens is 2. The minimum Gasteiger partial charge on any atom is -0.353 e. The van der Waals surface area contributed by atoms with Crippen molar-refractivity contribution in [1.29, 1.82) is 0 Å². The molecule has 1 aliphatic heterocycles. The second-order valence-corrected chi connectivity index (χ2v) is 6.23. The molecule has 114 valence electrons. The molecular formula is C15H14BrClN4O. The van der Waals surface area contributed by atoms with Crippen LogP contribution in [-0.4, -0.2) is 47.0 Å². The highest BCUT2D eigenvalue weighted by Gasteiger charge is 2.23. The zero-order chi connectivity index (χ0) is 15.5. The Labute approximate surface area is 142 Å². The van der Waals surface area contributed by atoms with E-state index in [1.807, 2.05) is 17.0 Å². The fraction of sp³-hybridized carbons (Fsp3) is 0.267. The monoisotopic (exact) mass is 380 g/mol. The van der Waals surface area contributed by atoms with E-state index in [-0.39, 0.29) is 5.91 Å². The van der Waals surface area contributed by atoms with Crippen LogP contribution >= 0.6 is 27.5 Å². The summed E-state index contributed by atoms with van der Waals surface area (Å²) in [6.45, 7) is 2.85. The van der Waals surface area contributed by atoms with Crippen molar-refractivity contribution in [3.8, 4) is 0 Å². The molecule has 0 saturated carbocycles. The lowest BCUT2D eigenvalue weighted by molar-refractivity contribution is 0.0746. The van der Waals surface area contributed by atoms with E-state index in [1.165, 1.54) is 0 Å². The molecule has 3 heterocycles. The van der Waals surface area contributed by atoms with Gasteiger partial charge in [0.1, 0.15) is 10.4 Å². The number of carbonyl (C=O) groups is 1. The van der Waals surface area contributed by atoms with E-state index < -0.39 is 0 Å². The molecule has 0 aromatic carbocycles. The molecule has 0 aliphatic carbocycles. The Morgan fingerprint density at radius 1 is 1.14 bits per heavy atom. The van der Waals surface area contributed by atoms with Crippen molar-refractivity contribution in [2.24, 2.45) is 0 Å². The molecule has 0 unspecified atom stereocenters. The molecule has 1 aliphatic rings. The van der Waals surface area contributed by atoms with Gasteiger partial charge in [-0.3, -0.25) is 4.79 Å². The quantitative estimate of drug-likeness (QED) is 0.751. The van der Waals surface area contributed by atoms with E-state index in [9.17, 15) is 4.79 Å². The first-order valence-corrected chi connectivity index (χ1v) is 8.08. The Balaban J connectivity index is 1.64. The molecule has 0 bridgehead atoms. The van der Waals surface area contributed by atoms with Crippen LogP contribution in [0.2, 0.25) is 5.02 Å². The Morgan fingerprint density at radius 3 is 2.55 bits per heavy atom. The smallest absolute Gasteiger partial charge is 0.254 e. The van der Waals surface area contributed by atoms with Crippen LogP contribution in [0.1, 0.15) is 10.4 Å². The molecule has 3 rings (SSSR count). The van der Waals surface area contributed by atoms with Gasteiger partial charge in [0.2, 0.25) is 0 Å². The Hall–Kier alpha value is -1.66. The highest BCUT2D eigenvalue weighted by molar-refractivity contribution is 9.10. The average Bonchev–Trinajstić information content (AvgIpc) is 2.55. The molecular weight excluding hydrogens is 368 g/mol. The molecule has 2 aromatic heterocycles. The van der Waals surface area contributed by atoms with Gasteiger partial charge in [0.05, 0.1) is 5.02 Å². The third-order valence-corrected chi connectivity index (χ3v) is 4.23. The molecule has 22 heavy (non-hydrogen) atoms. The number of amides is 1. The Kier molecular flexibility index (Phi) is 4.59. The summed E-state index contributed by atoms with van der Waals surface area (Å²) in [5, 5.41) is 0.626. The normalized spacial score (nSPS) is 15.0. The second kappa shape index (κ2) is 6.62. The van der Waals surface area contributed by atoms with Gasteiger partial charge >= 0.3 is 0 Å². The molecule has 1 fully saturated rings. The predicted molar refractivity (Wildman–Crippen MR) is 89.3 cm³/mol. The number of hydrogen-bond donors (Lipinski definition) is 0. The minimum atomic E-state index is 0.0341. The summed E-state index contributed by atoms with van der Waals surface area (Å²) in [6, 6.07) is 7.21. The first kappa shape index (κ1) is 15.2. The predicted octanol–water partition coefficient (Wildman–Crippen LogP) is 2.85. The topological polar surface area (TPSA) is 49.3 Å². The lowest BCUT2D eigenvalue weighted by atomic mass is 10.2. The van der Waals surface area contributed by atoms with Crippen molar-refractivity contribution in [3.63, 3.8) is 0 Å². The highest BCUT2D eigenvalue weighted by Crippen LogP contribution is 2.17. The van der Waals surface area contributed by atoms with E-state index in [1.54, 1.807) is 24.5 Å². The fourth-order valence-electron chi connectivity index (χ4n) is 2.41. The minimum absolute atomic E-state index is 0.0341. The molecule has 1 amide bonds. The van der Waals surface area contributed by atoms with Crippen LogP contribution in [0.25, 0.3) is 0 Å². The second-order valence-electron chi connectivity index (χ2n) is 4.98. The fourth-order valence-corrected chi connectivity index (χ4v) is 2.89. The van der Waals surface area contributed by atoms with E-state index in [0.29, 0.717) is 28.3 Å². The van der Waals surface area contributed by atoms with E-state index in [2.05, 4.69) is 30.8 Å². The van der Waals surface area contributed by atoms with Crippen LogP contribution in [0.4, 0.5) is 5.82 Å². The molecule has 0 atom stereocenters. The number of anilines is 1. The summed E-state index contributed by atoms with van der Waals surface area (Å²) in [6.07, 6.45) is 3.27. The van der Waals surface area contributed by atoms with Gasteiger partial charge in [-0.15, -0.1) is 0 Å². The van der Waals surface area contributed by atoms with Gasteiger partial charge in [-0.05, 0) is 40.2 Å². The van der Waals surface area contributed by atoms with Crippen molar-refractivity contribution in [2.75, 3.05) is 31.1 Å². The van der Waals surface area contributed by atoms with Crippen LogP contribution in [0.15, 0.2) is 41.3 Å². The van der Waals surface area contributed by atoms with Crippen molar-refractivity contribution >= 4 is 39.3 Å². The highest BCUT2D eigenvalue weighted by atomic mass is 79.9. The average molecular weight is 382 g/mol. The summed E-state index contributed by atoms with van der Waals surface area (Å²) in [5.74, 6) is 0.926. The lowest BCUT2D eigenvalue weighted by Gasteiger charge is -2.35. The first-order valence-electron chi connectivity index (χ1n) is 6.91. The number of aromatic nitrogens is 2. The van der Waals surface area contributed by atoms with E-state index in [0.717, 1.165) is 18.9 Å². The Bertz CT molecular complexity index is 671. The molecule has 5 nitrogen and oxygen atoms in total.